The second-order valence-corrected chi connectivity index (χ2v) is 10.0. The van der Waals surface area contributed by atoms with Gasteiger partial charge in [-0.25, -0.2) is 0 Å². The lowest BCUT2D eigenvalue weighted by Gasteiger charge is -2.46. The number of likely N-dealkylation sites (tertiary alicyclic amines) is 1. The van der Waals surface area contributed by atoms with Gasteiger partial charge in [0.2, 0.25) is 0 Å². The number of nitrogens with one attached hydrogen (secondary N) is 1. The highest BCUT2D eigenvalue weighted by Crippen LogP contribution is 2.44. The first-order valence-corrected chi connectivity index (χ1v) is 11.7. The molecule has 32 heavy (non-hydrogen) atoms. The number of hydrogen-bond acceptors (Lipinski definition) is 4. The van der Waals surface area contributed by atoms with E-state index in [9.17, 15) is 4.79 Å². The largest absolute Gasteiger partial charge is 0.370 e. The van der Waals surface area contributed by atoms with Crippen LogP contribution in [0.15, 0.2) is 47.3 Å². The highest BCUT2D eigenvalue weighted by Gasteiger charge is 2.40. The smallest absolute Gasteiger partial charge is 0.262 e. The van der Waals surface area contributed by atoms with E-state index >= 15 is 0 Å². The van der Waals surface area contributed by atoms with Crippen LogP contribution in [0, 0.1) is 11.3 Å². The maximum Gasteiger partial charge on any atom is 0.262 e. The predicted octanol–water partition coefficient (Wildman–Crippen LogP) is 3.33. The predicted molar refractivity (Wildman–Crippen MR) is 129 cm³/mol. The van der Waals surface area contributed by atoms with Gasteiger partial charge < -0.3 is 15.2 Å². The van der Waals surface area contributed by atoms with E-state index in [4.69, 9.17) is 11.1 Å². The molecule has 3 heterocycles. The van der Waals surface area contributed by atoms with Gasteiger partial charge in [-0.3, -0.25) is 20.1 Å². The molecular formula is C24H27BrN6O. The van der Waals surface area contributed by atoms with Crippen LogP contribution >= 0.6 is 15.9 Å². The van der Waals surface area contributed by atoms with Gasteiger partial charge in [-0.15, -0.1) is 0 Å². The van der Waals surface area contributed by atoms with E-state index in [1.165, 1.54) is 33.1 Å². The van der Waals surface area contributed by atoms with Gasteiger partial charge in [0.25, 0.3) is 5.91 Å². The number of nitrogens with two attached hydrogens (primary N) is 1. The molecule has 1 saturated heterocycles. The summed E-state index contributed by atoms with van der Waals surface area (Å²) in [5, 5.41) is 9.46. The minimum Gasteiger partial charge on any atom is -0.370 e. The Morgan fingerprint density at radius 1 is 1.34 bits per heavy atom. The molecule has 3 aromatic rings. The number of hydrogen-bond donors (Lipinski definition) is 2. The molecule has 2 aromatic heterocycles. The standard InChI is InChI=1S/C24H27BrN6O/c1-29-11-14(12-31(24(26)27)23(32)15-7-17(25)10-28-9-15)6-19-18-4-3-5-20-22(18)16(8-21(19)29)13-30(20)2/h3-5,7,9-10,13-14,19,21H,6,8,11-12H2,1-2H3,(H3,26,27)/t14?,19-,21-/m1/s1. The summed E-state index contributed by atoms with van der Waals surface area (Å²) < 4.78 is 2.95. The first-order valence-electron chi connectivity index (χ1n) is 10.9. The summed E-state index contributed by atoms with van der Waals surface area (Å²) in [6.07, 6.45) is 7.43. The highest BCUT2D eigenvalue weighted by atomic mass is 79.9. The van der Waals surface area contributed by atoms with E-state index in [1.807, 2.05) is 0 Å². The Morgan fingerprint density at radius 2 is 2.16 bits per heavy atom. The van der Waals surface area contributed by atoms with Gasteiger partial charge in [0.1, 0.15) is 0 Å². The number of nitrogens with zero attached hydrogens (tertiary/aromatic N) is 4. The van der Waals surface area contributed by atoms with Gasteiger partial charge >= 0.3 is 0 Å². The van der Waals surface area contributed by atoms with Crippen LogP contribution in [0.3, 0.4) is 0 Å². The van der Waals surface area contributed by atoms with Crippen molar-refractivity contribution in [3.8, 4) is 0 Å². The topological polar surface area (TPSA) is 91.2 Å². The molecule has 2 aliphatic rings. The number of amides is 1. The molecule has 3 N–H and O–H groups in total. The number of aromatic nitrogens is 2. The fourth-order valence-corrected chi connectivity index (χ4v) is 6.06. The van der Waals surface area contributed by atoms with Crippen molar-refractivity contribution in [2.24, 2.45) is 18.7 Å². The zero-order chi connectivity index (χ0) is 22.6. The van der Waals surface area contributed by atoms with Crippen molar-refractivity contribution >= 4 is 38.7 Å². The lowest BCUT2D eigenvalue weighted by atomic mass is 9.72. The summed E-state index contributed by atoms with van der Waals surface area (Å²) in [4.78, 5) is 21.0. The molecule has 0 saturated carbocycles. The van der Waals surface area contributed by atoms with E-state index in [0.717, 1.165) is 23.9 Å². The molecule has 1 unspecified atom stereocenters. The first-order chi connectivity index (χ1) is 15.3. The molecule has 0 radical (unpaired) electrons. The lowest BCUT2D eigenvalue weighted by Crippen LogP contribution is -2.52. The average Bonchev–Trinajstić information content (AvgIpc) is 3.09. The van der Waals surface area contributed by atoms with Gasteiger partial charge in [-0.1, -0.05) is 12.1 Å². The summed E-state index contributed by atoms with van der Waals surface area (Å²) in [5.74, 6) is 0.103. The second-order valence-electron chi connectivity index (χ2n) is 9.12. The van der Waals surface area contributed by atoms with Crippen molar-refractivity contribution in [3.05, 3.63) is 64.0 Å². The van der Waals surface area contributed by atoms with Crippen LogP contribution in [0.5, 0.6) is 0 Å². The molecule has 8 heteroatoms. The van der Waals surface area contributed by atoms with Gasteiger partial charge in [0, 0.05) is 66.1 Å². The average molecular weight is 495 g/mol. The van der Waals surface area contributed by atoms with Crippen LogP contribution in [0.25, 0.3) is 10.9 Å². The molecule has 0 bridgehead atoms. The molecule has 1 aliphatic carbocycles. The molecule has 1 fully saturated rings. The fraction of sp³-hybridized carbons (Fsp3) is 0.375. The van der Waals surface area contributed by atoms with Gasteiger partial charge in [0.05, 0.1) is 5.56 Å². The molecule has 1 aromatic carbocycles. The molecule has 3 atom stereocenters. The zero-order valence-corrected chi connectivity index (χ0v) is 19.8. The molecule has 166 valence electrons. The van der Waals surface area contributed by atoms with E-state index in [2.05, 4.69) is 68.9 Å². The van der Waals surface area contributed by atoms with Crippen molar-refractivity contribution in [1.82, 2.24) is 19.4 Å². The van der Waals surface area contributed by atoms with Crippen molar-refractivity contribution in [2.75, 3.05) is 20.1 Å². The number of benzene rings is 1. The van der Waals surface area contributed by atoms with E-state index < -0.39 is 0 Å². The number of aryl methyl sites for hydroxylation is 1. The molecule has 1 aliphatic heterocycles. The summed E-state index contributed by atoms with van der Waals surface area (Å²) in [7, 11) is 4.29. The van der Waals surface area contributed by atoms with E-state index in [0.29, 0.717) is 24.1 Å². The maximum absolute atomic E-state index is 13.1. The fourth-order valence-electron chi connectivity index (χ4n) is 5.70. The second kappa shape index (κ2) is 8.01. The van der Waals surface area contributed by atoms with Crippen molar-refractivity contribution in [3.63, 3.8) is 0 Å². The van der Waals surface area contributed by atoms with Crippen molar-refractivity contribution in [1.29, 1.82) is 5.41 Å². The van der Waals surface area contributed by atoms with Gasteiger partial charge in [-0.2, -0.15) is 0 Å². The number of piperidine rings is 1. The number of carbonyl (C=O) groups is 1. The molecule has 5 rings (SSSR count). The number of guanidine groups is 1. The third-order valence-electron chi connectivity index (χ3n) is 7.05. The first kappa shape index (κ1) is 21.2. The number of rotatable bonds is 3. The molecular weight excluding hydrogens is 468 g/mol. The third kappa shape index (κ3) is 3.51. The van der Waals surface area contributed by atoms with Crippen LogP contribution < -0.4 is 5.73 Å². The van der Waals surface area contributed by atoms with Crippen LogP contribution in [0.1, 0.15) is 33.8 Å². The minimum atomic E-state index is -0.285. The highest BCUT2D eigenvalue weighted by molar-refractivity contribution is 9.10. The molecule has 1 amide bonds. The minimum absolute atomic E-state index is 0.217. The Hall–Kier alpha value is -2.71. The Bertz CT molecular complexity index is 1220. The van der Waals surface area contributed by atoms with Crippen LogP contribution in [-0.2, 0) is 13.5 Å². The monoisotopic (exact) mass is 494 g/mol. The quantitative estimate of drug-likeness (QED) is 0.431. The maximum atomic E-state index is 13.1. The summed E-state index contributed by atoms with van der Waals surface area (Å²) in [6, 6.07) is 8.77. The Balaban J connectivity index is 1.43. The van der Waals surface area contributed by atoms with Gasteiger partial charge in [0.15, 0.2) is 5.96 Å². The van der Waals surface area contributed by atoms with Crippen molar-refractivity contribution < 1.29 is 4.79 Å². The lowest BCUT2D eigenvalue weighted by molar-refractivity contribution is 0.0730. The summed E-state index contributed by atoms with van der Waals surface area (Å²) in [5.41, 5.74) is 10.4. The van der Waals surface area contributed by atoms with Gasteiger partial charge in [-0.05, 0) is 65.0 Å². The normalized spacial score (nSPS) is 22.5. The number of likely N-dealkylation sites (N-methyl/N-ethyl adjacent to an activating group) is 1. The van der Waals surface area contributed by atoms with Crippen LogP contribution in [-0.4, -0.2) is 57.4 Å². The zero-order valence-electron chi connectivity index (χ0n) is 18.3. The van der Waals surface area contributed by atoms with Crippen LogP contribution in [0.4, 0.5) is 0 Å². The van der Waals surface area contributed by atoms with Crippen molar-refractivity contribution in [2.45, 2.75) is 24.8 Å². The number of pyridine rings is 1. The van der Waals surface area contributed by atoms with Crippen LogP contribution in [0.2, 0.25) is 0 Å². The third-order valence-corrected chi connectivity index (χ3v) is 7.48. The summed E-state index contributed by atoms with van der Waals surface area (Å²) >= 11 is 3.36. The Kier molecular flexibility index (Phi) is 5.29. The van der Waals surface area contributed by atoms with E-state index in [-0.39, 0.29) is 17.8 Å². The number of carbonyl (C=O) groups excluding carboxylic acids is 1. The number of halogens is 1. The summed E-state index contributed by atoms with van der Waals surface area (Å²) in [6.45, 7) is 1.29. The Labute approximate surface area is 195 Å². The number of fused-ring (bicyclic) bond motifs is 2. The SMILES string of the molecule is CN1CC(CN(C(=N)N)C(=O)c2cncc(Br)c2)C[C@@H]2c3cccc4c3c(cn4C)C[C@H]21. The molecule has 0 spiro atoms. The molecule has 7 nitrogen and oxygen atoms in total. The Morgan fingerprint density at radius 3 is 2.91 bits per heavy atom. The van der Waals surface area contributed by atoms with E-state index in [1.54, 1.807) is 12.3 Å².